The predicted molar refractivity (Wildman–Crippen MR) is 106 cm³/mol. The molecule has 2 N–H and O–H groups in total. The van der Waals surface area contributed by atoms with Crippen molar-refractivity contribution >= 4 is 35.1 Å². The van der Waals surface area contributed by atoms with E-state index in [2.05, 4.69) is 20.6 Å². The van der Waals surface area contributed by atoms with Crippen LogP contribution in [0.15, 0.2) is 65.8 Å². The first-order chi connectivity index (χ1) is 13.5. The fourth-order valence-electron chi connectivity index (χ4n) is 2.44. The van der Waals surface area contributed by atoms with Crippen LogP contribution in [-0.2, 0) is 4.79 Å². The fourth-order valence-corrected chi connectivity index (χ4v) is 2.82. The lowest BCUT2D eigenvalue weighted by molar-refractivity contribution is -0.303. The molecule has 7 nitrogen and oxygen atoms in total. The standard InChI is InChI=1S/C20H18N4O3S/c1-28-20-23-16(13-5-3-2-4-6-13)11-17(24-20)22-15-9-7-14(8-10-15)19(27)21-12-18(25)26/h2-11H,12H2,1H3,(H,21,27)(H,25,26)(H,22,23,24)/p-1. The van der Waals surface area contributed by atoms with Crippen LogP contribution in [0.2, 0.25) is 0 Å². The Balaban J connectivity index is 1.78. The molecule has 2 aromatic carbocycles. The lowest BCUT2D eigenvalue weighted by atomic mass is 10.1. The number of aromatic nitrogens is 2. The minimum atomic E-state index is -1.34. The van der Waals surface area contributed by atoms with E-state index in [1.54, 1.807) is 24.3 Å². The van der Waals surface area contributed by atoms with Crippen LogP contribution in [0.5, 0.6) is 0 Å². The number of amides is 1. The maximum atomic E-state index is 11.9. The summed E-state index contributed by atoms with van der Waals surface area (Å²) in [7, 11) is 0. The van der Waals surface area contributed by atoms with Gasteiger partial charge in [0.15, 0.2) is 5.16 Å². The van der Waals surface area contributed by atoms with E-state index in [9.17, 15) is 14.7 Å². The van der Waals surface area contributed by atoms with Crippen molar-refractivity contribution in [2.45, 2.75) is 5.16 Å². The van der Waals surface area contributed by atoms with Crippen molar-refractivity contribution in [1.29, 1.82) is 0 Å². The number of hydrogen-bond donors (Lipinski definition) is 2. The van der Waals surface area contributed by atoms with Gasteiger partial charge in [-0.05, 0) is 30.5 Å². The Morgan fingerprint density at radius 1 is 1.04 bits per heavy atom. The second-order valence-corrected chi connectivity index (χ2v) is 6.52. The smallest absolute Gasteiger partial charge is 0.251 e. The SMILES string of the molecule is CSc1nc(Nc2ccc(C(=O)NCC(=O)[O-])cc2)cc(-c2ccccc2)n1. The Labute approximate surface area is 166 Å². The van der Waals surface area contributed by atoms with Gasteiger partial charge in [-0.2, -0.15) is 0 Å². The molecule has 142 valence electrons. The molecule has 0 aliphatic heterocycles. The zero-order valence-corrected chi connectivity index (χ0v) is 15.8. The Morgan fingerprint density at radius 3 is 2.39 bits per heavy atom. The van der Waals surface area contributed by atoms with Crippen LogP contribution in [0.3, 0.4) is 0 Å². The summed E-state index contributed by atoms with van der Waals surface area (Å²) in [5, 5.41) is 16.5. The molecule has 0 bridgehead atoms. The molecule has 1 amide bonds. The van der Waals surface area contributed by atoms with Crippen LogP contribution in [0, 0.1) is 0 Å². The van der Waals surface area contributed by atoms with Crippen LogP contribution in [-0.4, -0.2) is 34.6 Å². The lowest BCUT2D eigenvalue weighted by Gasteiger charge is -2.10. The molecule has 1 aromatic heterocycles. The summed E-state index contributed by atoms with van der Waals surface area (Å²) in [5.74, 6) is -1.18. The van der Waals surface area contributed by atoms with E-state index in [-0.39, 0.29) is 0 Å². The molecule has 0 spiro atoms. The molecule has 0 fully saturated rings. The van der Waals surface area contributed by atoms with Gasteiger partial charge in [-0.1, -0.05) is 42.1 Å². The Kier molecular flexibility index (Phi) is 6.23. The van der Waals surface area contributed by atoms with Gasteiger partial charge < -0.3 is 20.5 Å². The van der Waals surface area contributed by atoms with Crippen LogP contribution in [0.4, 0.5) is 11.5 Å². The Bertz CT molecular complexity index is 979. The van der Waals surface area contributed by atoms with Gasteiger partial charge in [0, 0.05) is 22.9 Å². The molecule has 0 atom stereocenters. The zero-order chi connectivity index (χ0) is 19.9. The second-order valence-electron chi connectivity index (χ2n) is 5.75. The summed E-state index contributed by atoms with van der Waals surface area (Å²) in [4.78, 5) is 31.3. The highest BCUT2D eigenvalue weighted by Crippen LogP contribution is 2.24. The van der Waals surface area contributed by atoms with E-state index in [0.29, 0.717) is 16.5 Å². The monoisotopic (exact) mass is 393 g/mol. The number of rotatable bonds is 7. The maximum Gasteiger partial charge on any atom is 0.251 e. The van der Waals surface area contributed by atoms with Gasteiger partial charge in [-0.15, -0.1) is 0 Å². The number of carbonyl (C=O) groups excluding carboxylic acids is 2. The average molecular weight is 393 g/mol. The molecule has 0 unspecified atom stereocenters. The van der Waals surface area contributed by atoms with E-state index in [0.717, 1.165) is 16.9 Å². The van der Waals surface area contributed by atoms with Crippen LogP contribution >= 0.6 is 11.8 Å². The van der Waals surface area contributed by atoms with E-state index in [1.165, 1.54) is 11.8 Å². The minimum Gasteiger partial charge on any atom is -0.548 e. The number of carboxylic acids is 1. The molecule has 0 aliphatic rings. The fraction of sp³-hybridized carbons (Fsp3) is 0.100. The van der Waals surface area contributed by atoms with Gasteiger partial charge in [0.2, 0.25) is 0 Å². The molecule has 1 heterocycles. The molecule has 0 aliphatic carbocycles. The van der Waals surface area contributed by atoms with Gasteiger partial charge >= 0.3 is 0 Å². The van der Waals surface area contributed by atoms with Crippen LogP contribution < -0.4 is 15.7 Å². The molecule has 0 saturated carbocycles. The third-order valence-corrected chi connectivity index (χ3v) is 4.32. The molecule has 3 aromatic rings. The normalized spacial score (nSPS) is 10.3. The lowest BCUT2D eigenvalue weighted by Crippen LogP contribution is -2.37. The number of benzene rings is 2. The average Bonchev–Trinajstić information content (AvgIpc) is 2.73. The first-order valence-corrected chi connectivity index (χ1v) is 9.61. The number of hydrogen-bond acceptors (Lipinski definition) is 7. The molecular weight excluding hydrogens is 376 g/mol. The quantitative estimate of drug-likeness (QED) is 0.467. The van der Waals surface area contributed by atoms with E-state index in [4.69, 9.17) is 0 Å². The second kappa shape index (κ2) is 9.01. The zero-order valence-electron chi connectivity index (χ0n) is 15.0. The van der Waals surface area contributed by atoms with E-state index in [1.807, 2.05) is 42.7 Å². The highest BCUT2D eigenvalue weighted by Gasteiger charge is 2.08. The van der Waals surface area contributed by atoms with Crippen LogP contribution in [0.25, 0.3) is 11.3 Å². The van der Waals surface area contributed by atoms with Gasteiger partial charge in [0.25, 0.3) is 5.91 Å². The van der Waals surface area contributed by atoms with Crippen molar-refractivity contribution in [2.75, 3.05) is 18.1 Å². The van der Waals surface area contributed by atoms with Gasteiger partial charge in [-0.3, -0.25) is 4.79 Å². The number of carbonyl (C=O) groups is 2. The molecule has 3 rings (SSSR count). The van der Waals surface area contributed by atoms with Crippen LogP contribution in [0.1, 0.15) is 10.4 Å². The number of carboxylic acid groups (broad SMARTS) is 1. The molecular formula is C20H17N4O3S-. The first-order valence-electron chi connectivity index (χ1n) is 8.39. The molecule has 8 heteroatoms. The van der Waals surface area contributed by atoms with Crippen molar-refractivity contribution in [2.24, 2.45) is 0 Å². The van der Waals surface area contributed by atoms with Gasteiger partial charge in [0.1, 0.15) is 5.82 Å². The predicted octanol–water partition coefficient (Wildman–Crippen LogP) is 2.09. The van der Waals surface area contributed by atoms with Crippen molar-refractivity contribution in [3.05, 3.63) is 66.2 Å². The maximum absolute atomic E-state index is 11.9. The van der Waals surface area contributed by atoms with E-state index < -0.39 is 18.4 Å². The highest BCUT2D eigenvalue weighted by molar-refractivity contribution is 7.98. The van der Waals surface area contributed by atoms with Gasteiger partial charge in [-0.25, -0.2) is 9.97 Å². The highest BCUT2D eigenvalue weighted by atomic mass is 32.2. The minimum absolute atomic E-state index is 0.351. The summed E-state index contributed by atoms with van der Waals surface area (Å²) in [6.07, 6.45) is 1.91. The number of nitrogens with one attached hydrogen (secondary N) is 2. The summed E-state index contributed by atoms with van der Waals surface area (Å²) >= 11 is 1.45. The van der Waals surface area contributed by atoms with Crippen molar-refractivity contribution in [3.8, 4) is 11.3 Å². The largest absolute Gasteiger partial charge is 0.548 e. The molecule has 28 heavy (non-hydrogen) atoms. The Morgan fingerprint density at radius 2 is 1.75 bits per heavy atom. The molecule has 0 saturated heterocycles. The first kappa shape index (κ1) is 19.4. The summed E-state index contributed by atoms with van der Waals surface area (Å²) in [5.41, 5.74) is 2.88. The summed E-state index contributed by atoms with van der Waals surface area (Å²) in [6, 6.07) is 18.3. The van der Waals surface area contributed by atoms with Crippen molar-refractivity contribution < 1.29 is 14.7 Å². The molecule has 0 radical (unpaired) electrons. The summed E-state index contributed by atoms with van der Waals surface area (Å²) < 4.78 is 0. The summed E-state index contributed by atoms with van der Waals surface area (Å²) in [6.45, 7) is -0.528. The topological polar surface area (TPSA) is 107 Å². The third-order valence-electron chi connectivity index (χ3n) is 3.77. The van der Waals surface area contributed by atoms with Crippen molar-refractivity contribution in [3.63, 3.8) is 0 Å². The van der Waals surface area contributed by atoms with Gasteiger partial charge in [0.05, 0.1) is 18.2 Å². The van der Waals surface area contributed by atoms with E-state index >= 15 is 0 Å². The number of anilines is 2. The number of nitrogens with zero attached hydrogens (tertiary/aromatic N) is 2. The Hall–Kier alpha value is -3.39. The number of thioether (sulfide) groups is 1. The van der Waals surface area contributed by atoms with Crippen molar-refractivity contribution in [1.82, 2.24) is 15.3 Å². The number of aliphatic carboxylic acids is 1. The third kappa shape index (κ3) is 5.08.